The fraction of sp³-hybridized carbons (Fsp3) is 0.300. The van der Waals surface area contributed by atoms with E-state index in [9.17, 15) is 24.9 Å². The molecular formula is C20H23NO7. The molecule has 150 valence electrons. The second-order valence-electron chi connectivity index (χ2n) is 6.06. The van der Waals surface area contributed by atoms with Crippen LogP contribution in [0.2, 0.25) is 0 Å². The number of methoxy groups -OCH3 is 1. The molecule has 8 nitrogen and oxygen atoms in total. The van der Waals surface area contributed by atoms with E-state index in [1.54, 1.807) is 12.1 Å². The molecule has 2 aromatic rings. The first-order valence-corrected chi connectivity index (χ1v) is 8.58. The fourth-order valence-electron chi connectivity index (χ4n) is 2.67. The maximum atomic E-state index is 12.1. The monoisotopic (exact) mass is 389 g/mol. The van der Waals surface area contributed by atoms with Gasteiger partial charge >= 0.3 is 12.1 Å². The number of carbonyl (C=O) groups is 2. The van der Waals surface area contributed by atoms with E-state index < -0.39 is 31.3 Å². The van der Waals surface area contributed by atoms with Crippen LogP contribution in [0.3, 0.4) is 0 Å². The first-order valence-electron chi connectivity index (χ1n) is 8.58. The smallest absolute Gasteiger partial charge is 0.408 e. The number of aromatic hydroxyl groups is 1. The molecule has 0 fully saturated rings. The topological polar surface area (TPSA) is 125 Å². The zero-order valence-corrected chi connectivity index (χ0v) is 15.4. The Morgan fingerprint density at radius 3 is 2.18 bits per heavy atom. The third-order valence-corrected chi connectivity index (χ3v) is 4.10. The van der Waals surface area contributed by atoms with Gasteiger partial charge in [0.05, 0.1) is 20.3 Å². The van der Waals surface area contributed by atoms with Gasteiger partial charge in [0.25, 0.3) is 0 Å². The van der Waals surface area contributed by atoms with Crippen LogP contribution in [0.25, 0.3) is 0 Å². The highest BCUT2D eigenvalue weighted by Crippen LogP contribution is 2.25. The molecule has 0 aliphatic carbocycles. The van der Waals surface area contributed by atoms with Crippen LogP contribution in [0.4, 0.5) is 4.79 Å². The van der Waals surface area contributed by atoms with Crippen molar-refractivity contribution in [1.29, 1.82) is 0 Å². The van der Waals surface area contributed by atoms with Crippen molar-refractivity contribution in [1.82, 2.24) is 5.32 Å². The highest BCUT2D eigenvalue weighted by molar-refractivity contribution is 5.81. The van der Waals surface area contributed by atoms with E-state index in [2.05, 4.69) is 5.32 Å². The number of hydrogen-bond donors (Lipinski definition) is 4. The summed E-state index contributed by atoms with van der Waals surface area (Å²) < 4.78 is 9.85. The lowest BCUT2D eigenvalue weighted by Crippen LogP contribution is -2.43. The summed E-state index contributed by atoms with van der Waals surface area (Å²) in [5, 5.41) is 31.1. The van der Waals surface area contributed by atoms with E-state index in [0.29, 0.717) is 5.56 Å². The van der Waals surface area contributed by atoms with E-state index >= 15 is 0 Å². The molecule has 0 radical (unpaired) electrons. The number of esters is 1. The number of phenols is 1. The molecule has 0 heterocycles. The second kappa shape index (κ2) is 10.3. The van der Waals surface area contributed by atoms with Gasteiger partial charge in [-0.1, -0.05) is 30.3 Å². The molecule has 0 aliphatic heterocycles. The summed E-state index contributed by atoms with van der Waals surface area (Å²) in [7, 11) is 1.20. The van der Waals surface area contributed by atoms with Crippen LogP contribution in [-0.4, -0.2) is 40.5 Å². The van der Waals surface area contributed by atoms with E-state index in [1.165, 1.54) is 19.2 Å². The molecule has 8 heteroatoms. The summed E-state index contributed by atoms with van der Waals surface area (Å²) in [4.78, 5) is 24.1. The number of ether oxygens (including phenoxy) is 2. The molecule has 1 atom stereocenters. The first kappa shape index (κ1) is 21.2. The summed E-state index contributed by atoms with van der Waals surface area (Å²) in [6, 6.07) is 11.0. The van der Waals surface area contributed by atoms with Gasteiger partial charge < -0.3 is 30.1 Å². The van der Waals surface area contributed by atoms with Gasteiger partial charge in [0.1, 0.15) is 18.4 Å². The minimum atomic E-state index is -1.05. The maximum Gasteiger partial charge on any atom is 0.408 e. The third kappa shape index (κ3) is 5.70. The molecule has 1 amide bonds. The minimum Gasteiger partial charge on any atom is -0.507 e. The number of aliphatic hydroxyl groups excluding tert-OH is 2. The van der Waals surface area contributed by atoms with Crippen molar-refractivity contribution < 1.29 is 34.4 Å². The van der Waals surface area contributed by atoms with Crippen LogP contribution >= 0.6 is 0 Å². The van der Waals surface area contributed by atoms with Gasteiger partial charge in [-0.05, 0) is 23.3 Å². The van der Waals surface area contributed by atoms with Crippen LogP contribution < -0.4 is 5.32 Å². The van der Waals surface area contributed by atoms with E-state index in [0.717, 1.165) is 5.56 Å². The van der Waals surface area contributed by atoms with Crippen molar-refractivity contribution in [2.75, 3.05) is 7.11 Å². The van der Waals surface area contributed by atoms with Crippen molar-refractivity contribution in [3.05, 3.63) is 64.7 Å². The lowest BCUT2D eigenvalue weighted by Gasteiger charge is -2.18. The van der Waals surface area contributed by atoms with Crippen molar-refractivity contribution in [3.8, 4) is 5.75 Å². The Balaban J connectivity index is 2.09. The van der Waals surface area contributed by atoms with E-state index in [4.69, 9.17) is 9.47 Å². The third-order valence-electron chi connectivity index (χ3n) is 4.10. The predicted molar refractivity (Wildman–Crippen MR) is 99.2 cm³/mol. The van der Waals surface area contributed by atoms with Gasteiger partial charge in [-0.15, -0.1) is 0 Å². The van der Waals surface area contributed by atoms with Crippen molar-refractivity contribution in [2.45, 2.75) is 32.3 Å². The van der Waals surface area contributed by atoms with Crippen LogP contribution in [0.15, 0.2) is 42.5 Å². The molecule has 0 aliphatic rings. The van der Waals surface area contributed by atoms with Crippen LogP contribution in [0.5, 0.6) is 5.75 Å². The maximum absolute atomic E-state index is 12.1. The number of aliphatic hydroxyl groups is 2. The molecule has 2 aromatic carbocycles. The average Bonchev–Trinajstić information content (AvgIpc) is 2.72. The zero-order chi connectivity index (χ0) is 20.5. The van der Waals surface area contributed by atoms with Gasteiger partial charge in [-0.3, -0.25) is 0 Å². The van der Waals surface area contributed by atoms with Crippen LogP contribution in [-0.2, 0) is 40.5 Å². The van der Waals surface area contributed by atoms with E-state index in [1.807, 2.05) is 18.2 Å². The highest BCUT2D eigenvalue weighted by Gasteiger charge is 2.24. The van der Waals surface area contributed by atoms with Gasteiger partial charge in [0.2, 0.25) is 0 Å². The molecule has 4 N–H and O–H groups in total. The molecule has 0 unspecified atom stereocenters. The van der Waals surface area contributed by atoms with Gasteiger partial charge in [-0.25, -0.2) is 9.59 Å². The standard InChI is InChI=1S/C20H23NO7/c1-27-19(25)17(21-20(26)28-12-13-5-3-2-4-6-13)9-14-7-15(10-22)18(24)16(8-14)11-23/h2-8,17,22-24H,9-12H2,1H3,(H,21,26)/t17-/m0/s1. The zero-order valence-electron chi connectivity index (χ0n) is 15.4. The molecular weight excluding hydrogens is 366 g/mol. The second-order valence-corrected chi connectivity index (χ2v) is 6.06. The largest absolute Gasteiger partial charge is 0.507 e. The number of nitrogens with one attached hydrogen (secondary N) is 1. The molecule has 0 aromatic heterocycles. The van der Waals surface area contributed by atoms with Crippen LogP contribution in [0.1, 0.15) is 22.3 Å². The number of carbonyl (C=O) groups excluding carboxylic acids is 2. The predicted octanol–water partition coefficient (Wildman–Crippen LogP) is 1.39. The Kier molecular flexibility index (Phi) is 7.79. The lowest BCUT2D eigenvalue weighted by atomic mass is 9.99. The summed E-state index contributed by atoms with van der Waals surface area (Å²) >= 11 is 0. The summed E-state index contributed by atoms with van der Waals surface area (Å²) in [5.41, 5.74) is 1.73. The molecule has 0 spiro atoms. The highest BCUT2D eigenvalue weighted by atomic mass is 16.6. The normalized spacial score (nSPS) is 11.5. The average molecular weight is 389 g/mol. The first-order chi connectivity index (χ1) is 13.5. The number of amides is 1. The SMILES string of the molecule is COC(=O)[C@H](Cc1cc(CO)c(O)c(CO)c1)NC(=O)OCc1ccccc1. The Morgan fingerprint density at radius 1 is 1.04 bits per heavy atom. The Hall–Kier alpha value is -3.10. The Bertz CT molecular complexity index is 782. The number of rotatable bonds is 8. The fourth-order valence-corrected chi connectivity index (χ4v) is 2.67. The molecule has 0 saturated carbocycles. The van der Waals surface area contributed by atoms with E-state index in [-0.39, 0.29) is 29.9 Å². The number of alkyl carbamates (subject to hydrolysis) is 1. The molecule has 0 bridgehead atoms. The summed E-state index contributed by atoms with van der Waals surface area (Å²) in [5.74, 6) is -0.889. The van der Waals surface area contributed by atoms with Crippen LogP contribution in [0, 0.1) is 0 Å². The van der Waals surface area contributed by atoms with Gasteiger partial charge in [0.15, 0.2) is 0 Å². The lowest BCUT2D eigenvalue weighted by molar-refractivity contribution is -0.143. The minimum absolute atomic E-state index is 0.0212. The quantitative estimate of drug-likeness (QED) is 0.503. The Morgan fingerprint density at radius 2 is 1.64 bits per heavy atom. The van der Waals surface area contributed by atoms with Gasteiger partial charge in [0, 0.05) is 17.5 Å². The Labute approximate surface area is 162 Å². The molecule has 28 heavy (non-hydrogen) atoms. The number of hydrogen-bond acceptors (Lipinski definition) is 7. The van der Waals surface area contributed by atoms with Crippen molar-refractivity contribution in [2.24, 2.45) is 0 Å². The van der Waals surface area contributed by atoms with Gasteiger partial charge in [-0.2, -0.15) is 0 Å². The van der Waals surface area contributed by atoms with Crippen molar-refractivity contribution >= 4 is 12.1 Å². The number of benzene rings is 2. The summed E-state index contributed by atoms with van der Waals surface area (Å²) in [6.45, 7) is -0.840. The molecule has 0 saturated heterocycles. The molecule has 2 rings (SSSR count). The summed E-state index contributed by atoms with van der Waals surface area (Å²) in [6.07, 6.45) is -0.768. The van der Waals surface area contributed by atoms with Crippen molar-refractivity contribution in [3.63, 3.8) is 0 Å².